The largest absolute Gasteiger partial charge is 0.155 e. The van der Waals surface area contributed by atoms with E-state index in [-0.39, 0.29) is 0 Å². The average Bonchev–Trinajstić information content (AvgIpc) is 2.69. The molecule has 0 aliphatic carbocycles. The van der Waals surface area contributed by atoms with E-state index in [1.54, 1.807) is 4.80 Å². The second-order valence-electron chi connectivity index (χ2n) is 3.44. The minimum Gasteiger partial charge on any atom is -0.155 e. The van der Waals surface area contributed by atoms with Crippen LogP contribution in [-0.4, -0.2) is 15.0 Å². The van der Waals surface area contributed by atoms with E-state index in [1.165, 1.54) is 0 Å². The Hall–Kier alpha value is -1.64. The highest BCUT2D eigenvalue weighted by Gasteiger charge is 2.03. The first-order chi connectivity index (χ1) is 7.35. The molecular formula is C12H15N3. The highest BCUT2D eigenvalue weighted by atomic mass is 15.5. The third-order valence-corrected chi connectivity index (χ3v) is 2.35. The second-order valence-corrected chi connectivity index (χ2v) is 3.44. The van der Waals surface area contributed by atoms with Gasteiger partial charge in [0.2, 0.25) is 0 Å². The molecule has 0 amide bonds. The van der Waals surface area contributed by atoms with Crippen LogP contribution in [0.5, 0.6) is 0 Å². The van der Waals surface area contributed by atoms with Gasteiger partial charge in [0.25, 0.3) is 0 Å². The molecule has 0 N–H and O–H groups in total. The Labute approximate surface area is 89.4 Å². The lowest BCUT2D eigenvalue weighted by Crippen LogP contribution is -2.00. The van der Waals surface area contributed by atoms with Gasteiger partial charge in [-0.1, -0.05) is 32.1 Å². The highest BCUT2D eigenvalue weighted by Crippen LogP contribution is 2.13. The van der Waals surface area contributed by atoms with Crippen LogP contribution in [0.4, 0.5) is 0 Å². The molecule has 0 aliphatic rings. The Bertz CT molecular complexity index is 449. The van der Waals surface area contributed by atoms with E-state index in [4.69, 9.17) is 0 Å². The summed E-state index contributed by atoms with van der Waals surface area (Å²) in [4.78, 5) is 1.74. The van der Waals surface area contributed by atoms with E-state index in [2.05, 4.69) is 30.1 Å². The number of hydrogen-bond acceptors (Lipinski definition) is 2. The van der Waals surface area contributed by atoms with E-state index in [1.807, 2.05) is 24.3 Å². The number of allylic oxidation sites excluding steroid dienone is 2. The van der Waals surface area contributed by atoms with Crippen LogP contribution in [0.1, 0.15) is 26.7 Å². The number of hydrogen-bond donors (Lipinski definition) is 0. The minimum absolute atomic E-state index is 0.952. The van der Waals surface area contributed by atoms with Crippen molar-refractivity contribution in [2.24, 2.45) is 0 Å². The second kappa shape index (κ2) is 4.26. The van der Waals surface area contributed by atoms with E-state index >= 15 is 0 Å². The van der Waals surface area contributed by atoms with Crippen molar-refractivity contribution in [2.75, 3.05) is 0 Å². The monoisotopic (exact) mass is 201 g/mol. The van der Waals surface area contributed by atoms with Gasteiger partial charge in [0.05, 0.1) is 5.70 Å². The molecule has 0 fully saturated rings. The van der Waals surface area contributed by atoms with Crippen molar-refractivity contribution in [2.45, 2.75) is 26.7 Å². The molecule has 15 heavy (non-hydrogen) atoms. The fraction of sp³-hybridized carbons (Fsp3) is 0.333. The van der Waals surface area contributed by atoms with Crippen molar-refractivity contribution in [3.8, 4) is 0 Å². The van der Waals surface area contributed by atoms with Crippen LogP contribution in [0.2, 0.25) is 0 Å². The quantitative estimate of drug-likeness (QED) is 0.764. The first-order valence-corrected chi connectivity index (χ1v) is 5.36. The van der Waals surface area contributed by atoms with Gasteiger partial charge in [-0.2, -0.15) is 4.80 Å². The Morgan fingerprint density at radius 2 is 1.80 bits per heavy atom. The van der Waals surface area contributed by atoms with Crippen molar-refractivity contribution >= 4 is 16.7 Å². The number of fused-ring (bicyclic) bond motifs is 1. The first-order valence-electron chi connectivity index (χ1n) is 5.36. The molecule has 3 heteroatoms. The zero-order valence-electron chi connectivity index (χ0n) is 9.14. The predicted molar refractivity (Wildman–Crippen MR) is 62.4 cm³/mol. The SMILES string of the molecule is CC/C=C(\CC)n1nc2ccccc2n1. The summed E-state index contributed by atoms with van der Waals surface area (Å²) in [6.07, 6.45) is 4.13. The van der Waals surface area contributed by atoms with Crippen LogP contribution in [0.15, 0.2) is 30.3 Å². The summed E-state index contributed by atoms with van der Waals surface area (Å²) in [6.45, 7) is 4.24. The molecule has 0 atom stereocenters. The van der Waals surface area contributed by atoms with Gasteiger partial charge in [0.1, 0.15) is 11.0 Å². The average molecular weight is 201 g/mol. The topological polar surface area (TPSA) is 30.7 Å². The molecule has 0 saturated heterocycles. The van der Waals surface area contributed by atoms with Gasteiger partial charge in [0.15, 0.2) is 0 Å². The Morgan fingerprint density at radius 3 is 2.27 bits per heavy atom. The summed E-state index contributed by atoms with van der Waals surface area (Å²) >= 11 is 0. The van der Waals surface area contributed by atoms with Crippen molar-refractivity contribution < 1.29 is 0 Å². The number of aromatic nitrogens is 3. The van der Waals surface area contributed by atoms with Crippen LogP contribution in [-0.2, 0) is 0 Å². The molecule has 1 heterocycles. The molecule has 0 radical (unpaired) electrons. The third kappa shape index (κ3) is 1.91. The maximum Gasteiger partial charge on any atom is 0.113 e. The minimum atomic E-state index is 0.952. The molecule has 0 bridgehead atoms. The molecule has 0 saturated carbocycles. The molecule has 0 aliphatic heterocycles. The van der Waals surface area contributed by atoms with E-state index in [0.717, 1.165) is 29.6 Å². The van der Waals surface area contributed by atoms with Gasteiger partial charge >= 0.3 is 0 Å². The third-order valence-electron chi connectivity index (χ3n) is 2.35. The zero-order valence-corrected chi connectivity index (χ0v) is 9.14. The summed E-state index contributed by atoms with van der Waals surface area (Å²) in [7, 11) is 0. The standard InChI is InChI=1S/C12H15N3/c1-3-7-10(4-2)15-13-11-8-5-6-9-12(11)14-15/h5-9H,3-4H2,1-2H3/b10-7+. The molecule has 1 aromatic heterocycles. The lowest BCUT2D eigenvalue weighted by molar-refractivity contribution is 0.756. The normalized spacial score (nSPS) is 12.3. The van der Waals surface area contributed by atoms with Crippen LogP contribution in [0, 0.1) is 0 Å². The summed E-state index contributed by atoms with van der Waals surface area (Å²) in [5.74, 6) is 0. The van der Waals surface area contributed by atoms with E-state index in [0.29, 0.717) is 0 Å². The summed E-state index contributed by atoms with van der Waals surface area (Å²) < 4.78 is 0. The Morgan fingerprint density at radius 1 is 1.20 bits per heavy atom. The van der Waals surface area contributed by atoms with Crippen LogP contribution < -0.4 is 0 Å². The Balaban J connectivity index is 2.48. The van der Waals surface area contributed by atoms with Gasteiger partial charge in [-0.15, -0.1) is 10.2 Å². The zero-order chi connectivity index (χ0) is 10.7. The maximum absolute atomic E-state index is 4.44. The number of nitrogens with zero attached hydrogens (tertiary/aromatic N) is 3. The molecule has 0 spiro atoms. The number of rotatable bonds is 3. The maximum atomic E-state index is 4.44. The molecule has 1 aromatic carbocycles. The number of benzene rings is 1. The summed E-state index contributed by atoms with van der Waals surface area (Å²) in [6, 6.07) is 7.93. The smallest absolute Gasteiger partial charge is 0.113 e. The van der Waals surface area contributed by atoms with Crippen molar-refractivity contribution in [1.82, 2.24) is 15.0 Å². The highest BCUT2D eigenvalue weighted by molar-refractivity contribution is 5.73. The van der Waals surface area contributed by atoms with Crippen molar-refractivity contribution in [1.29, 1.82) is 0 Å². The molecular weight excluding hydrogens is 186 g/mol. The van der Waals surface area contributed by atoms with Gasteiger partial charge in [-0.3, -0.25) is 0 Å². The molecule has 2 aromatic rings. The van der Waals surface area contributed by atoms with E-state index < -0.39 is 0 Å². The van der Waals surface area contributed by atoms with Gasteiger partial charge in [-0.05, 0) is 25.0 Å². The van der Waals surface area contributed by atoms with Crippen LogP contribution in [0.3, 0.4) is 0 Å². The fourth-order valence-electron chi connectivity index (χ4n) is 1.59. The predicted octanol–water partition coefficient (Wildman–Crippen LogP) is 3.09. The first kappa shape index (κ1) is 9.90. The summed E-state index contributed by atoms with van der Waals surface area (Å²) in [5, 5.41) is 8.88. The molecule has 3 nitrogen and oxygen atoms in total. The van der Waals surface area contributed by atoms with Crippen LogP contribution in [0.25, 0.3) is 16.7 Å². The molecule has 78 valence electrons. The van der Waals surface area contributed by atoms with Crippen molar-refractivity contribution in [3.05, 3.63) is 30.3 Å². The Kier molecular flexibility index (Phi) is 2.81. The van der Waals surface area contributed by atoms with Gasteiger partial charge < -0.3 is 0 Å². The van der Waals surface area contributed by atoms with Crippen LogP contribution >= 0.6 is 0 Å². The summed E-state index contributed by atoms with van der Waals surface area (Å²) in [5.41, 5.74) is 3.06. The lowest BCUT2D eigenvalue weighted by atomic mass is 10.3. The van der Waals surface area contributed by atoms with Gasteiger partial charge in [0, 0.05) is 0 Å². The lowest BCUT2D eigenvalue weighted by Gasteiger charge is -2.00. The van der Waals surface area contributed by atoms with Gasteiger partial charge in [-0.25, -0.2) is 0 Å². The molecule has 2 rings (SSSR count). The van der Waals surface area contributed by atoms with Crippen molar-refractivity contribution in [3.63, 3.8) is 0 Å². The fourth-order valence-corrected chi connectivity index (χ4v) is 1.59. The molecule has 0 unspecified atom stereocenters. The van der Waals surface area contributed by atoms with E-state index in [9.17, 15) is 0 Å².